The van der Waals surface area contributed by atoms with E-state index in [1.54, 1.807) is 14.0 Å². The third-order valence-electron chi connectivity index (χ3n) is 5.56. The van der Waals surface area contributed by atoms with Gasteiger partial charge in [-0.15, -0.1) is 0 Å². The lowest BCUT2D eigenvalue weighted by atomic mass is 9.78. The molecule has 2 aliphatic rings. The van der Waals surface area contributed by atoms with E-state index in [4.69, 9.17) is 4.74 Å². The predicted molar refractivity (Wildman–Crippen MR) is 105 cm³/mol. The predicted octanol–water partition coefficient (Wildman–Crippen LogP) is 4.19. The van der Waals surface area contributed by atoms with E-state index in [1.807, 2.05) is 67.4 Å². The number of rotatable bonds is 3. The molecular weight excluding hydrogens is 338 g/mol. The Morgan fingerprint density at radius 1 is 1.04 bits per heavy atom. The Bertz CT molecular complexity index is 1030. The average molecular weight is 359 g/mol. The summed E-state index contributed by atoms with van der Waals surface area (Å²) in [5.41, 5.74) is 5.68. The van der Waals surface area contributed by atoms with Gasteiger partial charge in [0, 0.05) is 40.9 Å². The Labute approximate surface area is 158 Å². The molecular formula is C23H21NO3. The topological polar surface area (TPSA) is 46.6 Å². The molecule has 0 spiro atoms. The Balaban J connectivity index is 1.98. The average Bonchev–Trinajstić information content (AvgIpc) is 2.97. The third-order valence-corrected chi connectivity index (χ3v) is 5.56. The van der Waals surface area contributed by atoms with Crippen LogP contribution < -0.4 is 4.74 Å². The third kappa shape index (κ3) is 2.44. The van der Waals surface area contributed by atoms with Gasteiger partial charge in [-0.2, -0.15) is 0 Å². The summed E-state index contributed by atoms with van der Waals surface area (Å²) < 4.78 is 5.26. The van der Waals surface area contributed by atoms with Crippen LogP contribution in [0.5, 0.6) is 5.75 Å². The molecule has 0 saturated heterocycles. The van der Waals surface area contributed by atoms with Crippen LogP contribution in [0.4, 0.5) is 0 Å². The number of ketones is 2. The molecule has 0 fully saturated rings. The molecule has 1 aliphatic heterocycles. The summed E-state index contributed by atoms with van der Waals surface area (Å²) in [7, 11) is 3.54. The molecule has 4 heteroatoms. The smallest absolute Gasteiger partial charge is 0.192 e. The van der Waals surface area contributed by atoms with Crippen LogP contribution in [0.1, 0.15) is 41.3 Å². The molecule has 0 N–H and O–H groups in total. The summed E-state index contributed by atoms with van der Waals surface area (Å²) in [6.45, 7) is 3.52. The molecule has 2 aromatic carbocycles. The minimum absolute atomic E-state index is 0.000446. The molecule has 4 nitrogen and oxygen atoms in total. The van der Waals surface area contributed by atoms with Crippen LogP contribution in [0.3, 0.4) is 0 Å². The summed E-state index contributed by atoms with van der Waals surface area (Å²) in [5, 5.41) is 0. The Hall–Kier alpha value is -3.14. The van der Waals surface area contributed by atoms with Crippen molar-refractivity contribution in [2.45, 2.75) is 19.8 Å². The Morgan fingerprint density at radius 3 is 2.26 bits per heavy atom. The maximum absolute atomic E-state index is 13.3. The minimum atomic E-state index is -0.375. The number of carbonyl (C=O) groups excluding carboxylic acids is 2. The molecule has 1 heterocycles. The van der Waals surface area contributed by atoms with Crippen molar-refractivity contribution in [3.8, 4) is 5.75 Å². The maximum atomic E-state index is 13.3. The molecule has 4 rings (SSSR count). The fourth-order valence-electron chi connectivity index (χ4n) is 4.20. The zero-order valence-electron chi connectivity index (χ0n) is 15.9. The van der Waals surface area contributed by atoms with Crippen molar-refractivity contribution in [1.82, 2.24) is 4.90 Å². The quantitative estimate of drug-likeness (QED) is 0.824. The van der Waals surface area contributed by atoms with Gasteiger partial charge < -0.3 is 9.64 Å². The van der Waals surface area contributed by atoms with Crippen LogP contribution in [0.2, 0.25) is 0 Å². The molecule has 0 radical (unpaired) electrons. The maximum Gasteiger partial charge on any atom is 0.192 e. The highest BCUT2D eigenvalue weighted by atomic mass is 16.5. The lowest BCUT2D eigenvalue weighted by molar-refractivity contribution is -0.113. The number of ether oxygens (including phenoxy) is 1. The first-order valence-corrected chi connectivity index (χ1v) is 8.93. The highest BCUT2D eigenvalue weighted by Crippen LogP contribution is 2.49. The summed E-state index contributed by atoms with van der Waals surface area (Å²) in [4.78, 5) is 27.9. The van der Waals surface area contributed by atoms with E-state index < -0.39 is 0 Å². The standard InChI is InChI=1S/C23H21NO3/c1-13-19(14(2)25)20(15-9-11-16(27-4)12-10-15)21-22(24(13)3)17-7-5-6-8-18(17)23(21)26/h5-12,20H,1-4H3/t20-/m1/s1. The van der Waals surface area contributed by atoms with E-state index >= 15 is 0 Å². The normalized spacial score (nSPS) is 18.6. The fraction of sp³-hybridized carbons (Fsp3) is 0.217. The first-order chi connectivity index (χ1) is 13.0. The molecule has 0 aromatic heterocycles. The first-order valence-electron chi connectivity index (χ1n) is 8.93. The number of allylic oxidation sites excluding steroid dienone is 3. The number of Topliss-reactive ketones (excluding diaryl/α,β-unsaturated/α-hetero) is 2. The molecule has 1 atom stereocenters. The second-order valence-electron chi connectivity index (χ2n) is 6.96. The molecule has 0 amide bonds. The molecule has 0 bridgehead atoms. The van der Waals surface area contributed by atoms with Gasteiger partial charge in [-0.3, -0.25) is 9.59 Å². The number of carbonyl (C=O) groups is 2. The van der Waals surface area contributed by atoms with Gasteiger partial charge in [0.05, 0.1) is 12.8 Å². The molecule has 0 unspecified atom stereocenters. The molecule has 0 saturated carbocycles. The monoisotopic (exact) mass is 359 g/mol. The van der Waals surface area contributed by atoms with Crippen LogP contribution >= 0.6 is 0 Å². The molecule has 27 heavy (non-hydrogen) atoms. The summed E-state index contributed by atoms with van der Waals surface area (Å²) in [6, 6.07) is 15.3. The largest absolute Gasteiger partial charge is 0.497 e. The molecule has 2 aromatic rings. The van der Waals surface area contributed by atoms with Gasteiger partial charge in [0.15, 0.2) is 11.6 Å². The SMILES string of the molecule is COc1ccc([C@@H]2C(C(C)=O)=C(C)N(C)C3=C2C(=O)c2ccccc23)cc1. The van der Waals surface area contributed by atoms with Crippen LogP contribution in [0, 0.1) is 0 Å². The number of fused-ring (bicyclic) bond motifs is 2. The molecule has 1 aliphatic carbocycles. The van der Waals surface area contributed by atoms with Crippen molar-refractivity contribution in [3.63, 3.8) is 0 Å². The van der Waals surface area contributed by atoms with E-state index in [0.717, 1.165) is 28.3 Å². The number of methoxy groups -OCH3 is 1. The van der Waals surface area contributed by atoms with Crippen molar-refractivity contribution in [2.75, 3.05) is 14.2 Å². The minimum Gasteiger partial charge on any atom is -0.497 e. The second-order valence-corrected chi connectivity index (χ2v) is 6.96. The summed E-state index contributed by atoms with van der Waals surface area (Å²) in [5.74, 6) is 0.349. The van der Waals surface area contributed by atoms with Gasteiger partial charge in [-0.25, -0.2) is 0 Å². The van der Waals surface area contributed by atoms with E-state index in [-0.39, 0.29) is 17.5 Å². The summed E-state index contributed by atoms with van der Waals surface area (Å²) >= 11 is 0. The van der Waals surface area contributed by atoms with Gasteiger partial charge in [-0.1, -0.05) is 36.4 Å². The van der Waals surface area contributed by atoms with Gasteiger partial charge >= 0.3 is 0 Å². The lowest BCUT2D eigenvalue weighted by Crippen LogP contribution is -2.29. The van der Waals surface area contributed by atoms with Crippen LogP contribution in [-0.4, -0.2) is 30.6 Å². The number of hydrogen-bond acceptors (Lipinski definition) is 4. The number of hydrogen-bond donors (Lipinski definition) is 0. The number of benzene rings is 2. The van der Waals surface area contributed by atoms with E-state index in [9.17, 15) is 9.59 Å². The highest BCUT2D eigenvalue weighted by molar-refractivity contribution is 6.23. The van der Waals surface area contributed by atoms with Crippen molar-refractivity contribution in [2.24, 2.45) is 0 Å². The first kappa shape index (κ1) is 17.3. The van der Waals surface area contributed by atoms with Crippen LogP contribution in [0.15, 0.2) is 65.4 Å². The van der Waals surface area contributed by atoms with Crippen molar-refractivity contribution in [3.05, 3.63) is 82.1 Å². The Kier molecular flexibility index (Phi) is 3.99. The van der Waals surface area contributed by atoms with Gasteiger partial charge in [-0.05, 0) is 31.5 Å². The summed E-state index contributed by atoms with van der Waals surface area (Å²) in [6.07, 6.45) is 0. The van der Waals surface area contributed by atoms with E-state index in [0.29, 0.717) is 16.7 Å². The van der Waals surface area contributed by atoms with E-state index in [2.05, 4.69) is 0 Å². The zero-order valence-corrected chi connectivity index (χ0v) is 15.9. The zero-order chi connectivity index (χ0) is 19.3. The van der Waals surface area contributed by atoms with Crippen molar-refractivity contribution < 1.29 is 14.3 Å². The van der Waals surface area contributed by atoms with Crippen molar-refractivity contribution >= 4 is 17.3 Å². The number of nitrogens with zero attached hydrogens (tertiary/aromatic N) is 1. The second kappa shape index (κ2) is 6.23. The molecule has 136 valence electrons. The van der Waals surface area contributed by atoms with Crippen LogP contribution in [0.25, 0.3) is 5.70 Å². The fourth-order valence-corrected chi connectivity index (χ4v) is 4.20. The van der Waals surface area contributed by atoms with Crippen molar-refractivity contribution in [1.29, 1.82) is 0 Å². The lowest BCUT2D eigenvalue weighted by Gasteiger charge is -2.35. The highest BCUT2D eigenvalue weighted by Gasteiger charge is 2.43. The van der Waals surface area contributed by atoms with Gasteiger partial charge in [0.25, 0.3) is 0 Å². The van der Waals surface area contributed by atoms with Gasteiger partial charge in [0.1, 0.15) is 5.75 Å². The van der Waals surface area contributed by atoms with Crippen LogP contribution in [-0.2, 0) is 4.79 Å². The van der Waals surface area contributed by atoms with Gasteiger partial charge in [0.2, 0.25) is 0 Å². The van der Waals surface area contributed by atoms with E-state index in [1.165, 1.54) is 0 Å². The Morgan fingerprint density at radius 2 is 1.67 bits per heavy atom.